The molecule has 0 saturated carbocycles. The quantitative estimate of drug-likeness (QED) is 0.914. The van der Waals surface area contributed by atoms with Crippen molar-refractivity contribution in [3.05, 3.63) is 21.9 Å². The van der Waals surface area contributed by atoms with E-state index < -0.39 is 5.97 Å². The number of carboxylic acid groups (broad SMARTS) is 1. The smallest absolute Gasteiger partial charge is 0.345 e. The van der Waals surface area contributed by atoms with Crippen LogP contribution in [-0.4, -0.2) is 60.4 Å². The molecule has 2 fully saturated rings. The van der Waals surface area contributed by atoms with Crippen LogP contribution in [0.5, 0.6) is 0 Å². The second kappa shape index (κ2) is 6.59. The maximum atomic E-state index is 12.5. The van der Waals surface area contributed by atoms with E-state index in [0.717, 1.165) is 43.6 Å². The summed E-state index contributed by atoms with van der Waals surface area (Å²) in [6.45, 7) is 1.97. The number of aromatic carboxylic acids is 1. The SMILES string of the molecule is COC1CCCOC12CCN(C(=O)c1ccc(C(=O)O)s1)CC2. The van der Waals surface area contributed by atoms with Crippen molar-refractivity contribution in [1.29, 1.82) is 0 Å². The standard InChI is InChI=1S/C16H21NO5S/c1-21-13-3-2-10-22-16(13)6-8-17(9-7-16)14(18)11-4-5-12(23-11)15(19)20/h4-5,13H,2-3,6-10H2,1H3,(H,19,20). The first kappa shape index (κ1) is 16.4. The Morgan fingerprint density at radius 1 is 1.35 bits per heavy atom. The van der Waals surface area contributed by atoms with Gasteiger partial charge in [-0.1, -0.05) is 0 Å². The Kier molecular flexibility index (Phi) is 4.70. The summed E-state index contributed by atoms with van der Waals surface area (Å²) in [6, 6.07) is 3.08. The van der Waals surface area contributed by atoms with Crippen LogP contribution in [0.3, 0.4) is 0 Å². The maximum Gasteiger partial charge on any atom is 0.345 e. The summed E-state index contributed by atoms with van der Waals surface area (Å²) in [6.07, 6.45) is 3.62. The number of hydrogen-bond acceptors (Lipinski definition) is 5. The lowest BCUT2D eigenvalue weighted by molar-refractivity contribution is -0.183. The second-order valence-corrected chi connectivity index (χ2v) is 7.12. The number of hydrogen-bond donors (Lipinski definition) is 1. The molecule has 23 heavy (non-hydrogen) atoms. The number of amides is 1. The summed E-state index contributed by atoms with van der Waals surface area (Å²) >= 11 is 1.03. The van der Waals surface area contributed by atoms with Gasteiger partial charge in [0.2, 0.25) is 0 Å². The molecule has 2 saturated heterocycles. The highest BCUT2D eigenvalue weighted by molar-refractivity contribution is 7.15. The van der Waals surface area contributed by atoms with Crippen LogP contribution in [0.1, 0.15) is 45.0 Å². The summed E-state index contributed by atoms with van der Waals surface area (Å²) in [5, 5.41) is 8.97. The molecule has 1 atom stereocenters. The molecule has 126 valence electrons. The van der Waals surface area contributed by atoms with E-state index in [1.54, 1.807) is 18.1 Å². The number of likely N-dealkylation sites (tertiary alicyclic amines) is 1. The molecule has 1 aromatic heterocycles. The fraction of sp³-hybridized carbons (Fsp3) is 0.625. The van der Waals surface area contributed by atoms with Crippen molar-refractivity contribution in [2.75, 3.05) is 26.8 Å². The van der Waals surface area contributed by atoms with E-state index in [1.165, 1.54) is 6.07 Å². The van der Waals surface area contributed by atoms with Crippen molar-refractivity contribution in [2.24, 2.45) is 0 Å². The van der Waals surface area contributed by atoms with Gasteiger partial charge in [0.1, 0.15) is 4.88 Å². The minimum Gasteiger partial charge on any atom is -0.477 e. The van der Waals surface area contributed by atoms with Gasteiger partial charge in [0.05, 0.1) is 16.6 Å². The Labute approximate surface area is 139 Å². The normalized spacial score (nSPS) is 23.9. The highest BCUT2D eigenvalue weighted by atomic mass is 32.1. The number of carboxylic acids is 1. The maximum absolute atomic E-state index is 12.5. The molecule has 0 aromatic carbocycles. The largest absolute Gasteiger partial charge is 0.477 e. The molecule has 1 N–H and O–H groups in total. The number of nitrogens with zero attached hydrogens (tertiary/aromatic N) is 1. The molecule has 7 heteroatoms. The number of ether oxygens (including phenoxy) is 2. The lowest BCUT2D eigenvalue weighted by Crippen LogP contribution is -2.56. The van der Waals surface area contributed by atoms with Crippen LogP contribution >= 0.6 is 11.3 Å². The molecular weight excluding hydrogens is 318 g/mol. The van der Waals surface area contributed by atoms with E-state index in [-0.39, 0.29) is 22.5 Å². The molecule has 2 aliphatic heterocycles. The predicted molar refractivity (Wildman–Crippen MR) is 85.1 cm³/mol. The summed E-state index contributed by atoms with van der Waals surface area (Å²) in [7, 11) is 1.72. The van der Waals surface area contributed by atoms with Crippen LogP contribution < -0.4 is 0 Å². The van der Waals surface area contributed by atoms with Gasteiger partial charge in [-0.15, -0.1) is 11.3 Å². The third-order valence-corrected chi connectivity index (χ3v) is 5.86. The van der Waals surface area contributed by atoms with E-state index in [0.29, 0.717) is 18.0 Å². The van der Waals surface area contributed by atoms with Crippen molar-refractivity contribution >= 4 is 23.2 Å². The molecule has 3 heterocycles. The zero-order valence-corrected chi connectivity index (χ0v) is 13.9. The zero-order chi connectivity index (χ0) is 16.4. The number of carbonyl (C=O) groups excluding carboxylic acids is 1. The number of methoxy groups -OCH3 is 1. The van der Waals surface area contributed by atoms with Gasteiger partial charge in [-0.05, 0) is 37.8 Å². The fourth-order valence-corrected chi connectivity index (χ4v) is 4.32. The monoisotopic (exact) mass is 339 g/mol. The average molecular weight is 339 g/mol. The first-order chi connectivity index (χ1) is 11.1. The molecule has 0 bridgehead atoms. The minimum atomic E-state index is -0.995. The average Bonchev–Trinajstić information content (AvgIpc) is 3.06. The van der Waals surface area contributed by atoms with Crippen molar-refractivity contribution in [1.82, 2.24) is 4.90 Å². The van der Waals surface area contributed by atoms with Gasteiger partial charge in [-0.25, -0.2) is 4.79 Å². The van der Waals surface area contributed by atoms with Crippen LogP contribution in [0.15, 0.2) is 12.1 Å². The number of carbonyl (C=O) groups is 2. The third-order valence-electron chi connectivity index (χ3n) is 4.80. The van der Waals surface area contributed by atoms with Crippen molar-refractivity contribution in [3.63, 3.8) is 0 Å². The van der Waals surface area contributed by atoms with Gasteiger partial charge in [-0.2, -0.15) is 0 Å². The summed E-state index contributed by atoms with van der Waals surface area (Å²) in [5.74, 6) is -1.09. The van der Waals surface area contributed by atoms with Crippen molar-refractivity contribution in [3.8, 4) is 0 Å². The molecule has 1 unspecified atom stereocenters. The molecule has 1 spiro atoms. The molecular formula is C16H21NO5S. The van der Waals surface area contributed by atoms with Gasteiger partial charge < -0.3 is 19.5 Å². The molecule has 1 aromatic rings. The van der Waals surface area contributed by atoms with E-state index >= 15 is 0 Å². The first-order valence-corrected chi connectivity index (χ1v) is 8.66. The minimum absolute atomic E-state index is 0.0915. The molecule has 6 nitrogen and oxygen atoms in total. The van der Waals surface area contributed by atoms with E-state index in [2.05, 4.69) is 0 Å². The Morgan fingerprint density at radius 2 is 2.04 bits per heavy atom. The third kappa shape index (κ3) is 3.13. The van der Waals surface area contributed by atoms with Gasteiger partial charge in [0.15, 0.2) is 0 Å². The van der Waals surface area contributed by atoms with Crippen molar-refractivity contribution < 1.29 is 24.2 Å². The Morgan fingerprint density at radius 3 is 2.65 bits per heavy atom. The van der Waals surface area contributed by atoms with E-state index in [4.69, 9.17) is 14.6 Å². The van der Waals surface area contributed by atoms with E-state index in [9.17, 15) is 9.59 Å². The Balaban J connectivity index is 1.66. The van der Waals surface area contributed by atoms with Gasteiger partial charge >= 0.3 is 5.97 Å². The fourth-order valence-electron chi connectivity index (χ4n) is 3.51. The number of thiophene rings is 1. The summed E-state index contributed by atoms with van der Waals surface area (Å²) in [4.78, 5) is 25.9. The summed E-state index contributed by atoms with van der Waals surface area (Å²) in [5.41, 5.74) is -0.272. The lowest BCUT2D eigenvalue weighted by atomic mass is 9.82. The van der Waals surface area contributed by atoms with Crippen LogP contribution in [0.4, 0.5) is 0 Å². The van der Waals surface area contributed by atoms with Crippen LogP contribution in [-0.2, 0) is 9.47 Å². The molecule has 1 amide bonds. The molecule has 2 aliphatic rings. The molecule has 0 aliphatic carbocycles. The lowest BCUT2D eigenvalue weighted by Gasteiger charge is -2.47. The van der Waals surface area contributed by atoms with Gasteiger partial charge in [0, 0.05) is 26.8 Å². The van der Waals surface area contributed by atoms with Crippen LogP contribution in [0.2, 0.25) is 0 Å². The first-order valence-electron chi connectivity index (χ1n) is 7.85. The highest BCUT2D eigenvalue weighted by Crippen LogP contribution is 2.37. The van der Waals surface area contributed by atoms with Gasteiger partial charge in [-0.3, -0.25) is 4.79 Å². The topological polar surface area (TPSA) is 76.1 Å². The van der Waals surface area contributed by atoms with E-state index in [1.807, 2.05) is 0 Å². The van der Waals surface area contributed by atoms with Crippen LogP contribution in [0, 0.1) is 0 Å². The zero-order valence-electron chi connectivity index (χ0n) is 13.1. The molecule has 3 rings (SSSR count). The highest BCUT2D eigenvalue weighted by Gasteiger charge is 2.45. The number of piperidine rings is 1. The number of rotatable bonds is 3. The van der Waals surface area contributed by atoms with Crippen LogP contribution in [0.25, 0.3) is 0 Å². The molecule has 0 radical (unpaired) electrons. The summed E-state index contributed by atoms with van der Waals surface area (Å²) < 4.78 is 11.6. The second-order valence-electron chi connectivity index (χ2n) is 6.04. The predicted octanol–water partition coefficient (Wildman–Crippen LogP) is 2.25. The Hall–Kier alpha value is -1.44. The Bertz CT molecular complexity index is 591. The van der Waals surface area contributed by atoms with Gasteiger partial charge in [0.25, 0.3) is 5.91 Å². The van der Waals surface area contributed by atoms with Crippen molar-refractivity contribution in [2.45, 2.75) is 37.4 Å².